The van der Waals surface area contributed by atoms with Gasteiger partial charge in [0.1, 0.15) is 5.25 Å². The molecule has 0 aromatic heterocycles. The van der Waals surface area contributed by atoms with E-state index >= 15 is 0 Å². The molecular weight excluding hydrogens is 320 g/mol. The third-order valence-corrected chi connectivity index (χ3v) is 7.77. The van der Waals surface area contributed by atoms with Gasteiger partial charge in [-0.15, -0.1) is 0 Å². The van der Waals surface area contributed by atoms with Gasteiger partial charge in [0.05, 0.1) is 5.41 Å². The SMILES string of the molecule is CC1(C(=O)O)CCN(S(=O)(=O)C2CN(C(=O)C3CCCC3)C2)C1. The lowest BCUT2D eigenvalue weighted by atomic mass is 9.90. The molecule has 0 aromatic carbocycles. The van der Waals surface area contributed by atoms with Crippen molar-refractivity contribution in [1.29, 1.82) is 0 Å². The highest BCUT2D eigenvalue weighted by atomic mass is 32.2. The molecule has 1 N–H and O–H groups in total. The molecule has 0 aromatic rings. The smallest absolute Gasteiger partial charge is 0.310 e. The highest BCUT2D eigenvalue weighted by Gasteiger charge is 2.50. The number of sulfonamides is 1. The number of carboxylic acid groups (broad SMARTS) is 1. The Morgan fingerprint density at radius 3 is 2.30 bits per heavy atom. The van der Waals surface area contributed by atoms with Crippen molar-refractivity contribution in [3.63, 3.8) is 0 Å². The first kappa shape index (κ1) is 16.7. The van der Waals surface area contributed by atoms with E-state index in [9.17, 15) is 23.1 Å². The molecule has 23 heavy (non-hydrogen) atoms. The minimum atomic E-state index is -3.52. The van der Waals surface area contributed by atoms with Crippen molar-refractivity contribution in [2.24, 2.45) is 11.3 Å². The number of aliphatic carboxylic acids is 1. The fraction of sp³-hybridized carbons (Fsp3) is 0.867. The zero-order valence-corrected chi connectivity index (χ0v) is 14.2. The standard InChI is InChI=1S/C15H24N2O5S/c1-15(14(19)20)6-7-17(10-15)23(21,22)12-8-16(9-12)13(18)11-4-2-3-5-11/h11-12H,2-10H2,1H3,(H,19,20). The van der Waals surface area contributed by atoms with Gasteiger partial charge in [-0.3, -0.25) is 9.59 Å². The quantitative estimate of drug-likeness (QED) is 0.802. The van der Waals surface area contributed by atoms with Crippen molar-refractivity contribution in [2.45, 2.75) is 44.3 Å². The first-order valence-electron chi connectivity index (χ1n) is 8.25. The maximum atomic E-state index is 12.6. The van der Waals surface area contributed by atoms with Crippen LogP contribution in [0.15, 0.2) is 0 Å². The van der Waals surface area contributed by atoms with Crippen LogP contribution in [0.4, 0.5) is 0 Å². The van der Waals surface area contributed by atoms with E-state index in [-0.39, 0.29) is 38.0 Å². The molecule has 1 saturated carbocycles. The van der Waals surface area contributed by atoms with Crippen molar-refractivity contribution < 1.29 is 23.1 Å². The molecule has 1 aliphatic carbocycles. The molecule has 1 atom stereocenters. The molecule has 0 spiro atoms. The van der Waals surface area contributed by atoms with Gasteiger partial charge in [0.15, 0.2) is 0 Å². The molecule has 0 bridgehead atoms. The molecule has 2 aliphatic heterocycles. The molecule has 3 fully saturated rings. The summed E-state index contributed by atoms with van der Waals surface area (Å²) in [6, 6.07) is 0. The summed E-state index contributed by atoms with van der Waals surface area (Å²) in [6.45, 7) is 2.35. The summed E-state index contributed by atoms with van der Waals surface area (Å²) in [5.41, 5.74) is -1.00. The van der Waals surface area contributed by atoms with Crippen LogP contribution in [-0.4, -0.2) is 66.0 Å². The molecule has 1 unspecified atom stereocenters. The van der Waals surface area contributed by atoms with Crippen LogP contribution in [0.3, 0.4) is 0 Å². The van der Waals surface area contributed by atoms with E-state index in [1.165, 1.54) is 4.31 Å². The van der Waals surface area contributed by atoms with Crippen LogP contribution in [-0.2, 0) is 19.6 Å². The zero-order valence-electron chi connectivity index (χ0n) is 13.4. The lowest BCUT2D eigenvalue weighted by Gasteiger charge is -2.41. The Morgan fingerprint density at radius 1 is 1.17 bits per heavy atom. The second-order valence-corrected chi connectivity index (χ2v) is 9.55. The minimum Gasteiger partial charge on any atom is -0.481 e. The van der Waals surface area contributed by atoms with Crippen molar-refractivity contribution in [3.8, 4) is 0 Å². The second-order valence-electron chi connectivity index (χ2n) is 7.34. The monoisotopic (exact) mass is 344 g/mol. The van der Waals surface area contributed by atoms with Gasteiger partial charge in [-0.1, -0.05) is 12.8 Å². The average molecular weight is 344 g/mol. The summed E-state index contributed by atoms with van der Waals surface area (Å²) in [5, 5.41) is 8.65. The van der Waals surface area contributed by atoms with Gasteiger partial charge < -0.3 is 10.0 Å². The van der Waals surface area contributed by atoms with Gasteiger partial charge in [0, 0.05) is 32.1 Å². The maximum absolute atomic E-state index is 12.6. The average Bonchev–Trinajstić information content (AvgIpc) is 3.06. The molecule has 1 amide bonds. The number of carboxylic acids is 1. The van der Waals surface area contributed by atoms with E-state index in [0.717, 1.165) is 25.7 Å². The molecule has 130 valence electrons. The molecule has 3 rings (SSSR count). The fourth-order valence-corrected chi connectivity index (χ4v) is 5.73. The summed E-state index contributed by atoms with van der Waals surface area (Å²) in [4.78, 5) is 25.2. The Labute approximate surface area is 136 Å². The maximum Gasteiger partial charge on any atom is 0.310 e. The summed E-state index contributed by atoms with van der Waals surface area (Å²) in [7, 11) is -3.52. The van der Waals surface area contributed by atoms with Crippen LogP contribution < -0.4 is 0 Å². The molecule has 0 radical (unpaired) electrons. The van der Waals surface area contributed by atoms with Crippen LogP contribution in [0.25, 0.3) is 0 Å². The Kier molecular flexibility index (Phi) is 4.16. The Balaban J connectivity index is 1.58. The summed E-state index contributed by atoms with van der Waals surface area (Å²) in [6.07, 6.45) is 4.31. The largest absolute Gasteiger partial charge is 0.481 e. The number of nitrogens with zero attached hydrogens (tertiary/aromatic N) is 2. The molecule has 8 heteroatoms. The summed E-state index contributed by atoms with van der Waals surface area (Å²) >= 11 is 0. The van der Waals surface area contributed by atoms with E-state index < -0.39 is 26.7 Å². The molecule has 2 saturated heterocycles. The number of rotatable bonds is 4. The van der Waals surface area contributed by atoms with E-state index in [1.807, 2.05) is 0 Å². The number of carbonyl (C=O) groups excluding carboxylic acids is 1. The van der Waals surface area contributed by atoms with Crippen LogP contribution in [0.1, 0.15) is 39.0 Å². The van der Waals surface area contributed by atoms with Gasteiger partial charge >= 0.3 is 5.97 Å². The van der Waals surface area contributed by atoms with Crippen LogP contribution >= 0.6 is 0 Å². The van der Waals surface area contributed by atoms with Crippen molar-refractivity contribution in [1.82, 2.24) is 9.21 Å². The Morgan fingerprint density at radius 2 is 1.78 bits per heavy atom. The topological polar surface area (TPSA) is 95.0 Å². The van der Waals surface area contributed by atoms with Gasteiger partial charge in [-0.25, -0.2) is 12.7 Å². The normalized spacial score (nSPS) is 30.6. The van der Waals surface area contributed by atoms with Crippen LogP contribution in [0.2, 0.25) is 0 Å². The van der Waals surface area contributed by atoms with E-state index in [0.29, 0.717) is 6.42 Å². The minimum absolute atomic E-state index is 0.0255. The van der Waals surface area contributed by atoms with Gasteiger partial charge in [-0.2, -0.15) is 0 Å². The molecule has 3 aliphatic rings. The van der Waals surface area contributed by atoms with E-state index in [1.54, 1.807) is 11.8 Å². The highest BCUT2D eigenvalue weighted by molar-refractivity contribution is 7.89. The predicted octanol–water partition coefficient (Wildman–Crippen LogP) is 0.514. The molecule has 2 heterocycles. The van der Waals surface area contributed by atoms with Crippen LogP contribution in [0.5, 0.6) is 0 Å². The van der Waals surface area contributed by atoms with Crippen LogP contribution in [0, 0.1) is 11.3 Å². The fourth-order valence-electron chi connectivity index (χ4n) is 3.76. The molecule has 7 nitrogen and oxygen atoms in total. The number of carbonyl (C=O) groups is 2. The van der Waals surface area contributed by atoms with Crippen molar-refractivity contribution >= 4 is 21.9 Å². The lowest BCUT2D eigenvalue weighted by molar-refractivity contribution is -0.146. The molecular formula is C15H24N2O5S. The van der Waals surface area contributed by atoms with E-state index in [4.69, 9.17) is 0 Å². The zero-order chi connectivity index (χ0) is 16.8. The predicted molar refractivity (Wildman–Crippen MR) is 83.2 cm³/mol. The van der Waals surface area contributed by atoms with Gasteiger partial charge in [-0.05, 0) is 26.2 Å². The highest BCUT2D eigenvalue weighted by Crippen LogP contribution is 2.35. The van der Waals surface area contributed by atoms with Crippen molar-refractivity contribution in [2.75, 3.05) is 26.2 Å². The van der Waals surface area contributed by atoms with Crippen molar-refractivity contribution in [3.05, 3.63) is 0 Å². The first-order valence-corrected chi connectivity index (χ1v) is 9.75. The summed E-state index contributed by atoms with van der Waals surface area (Å²) < 4.78 is 26.5. The summed E-state index contributed by atoms with van der Waals surface area (Å²) in [5.74, 6) is -0.798. The number of hydrogen-bond donors (Lipinski definition) is 1. The number of amides is 1. The first-order chi connectivity index (χ1) is 10.7. The third kappa shape index (κ3) is 2.87. The Bertz CT molecular complexity index is 607. The Hall–Kier alpha value is -1.15. The third-order valence-electron chi connectivity index (χ3n) is 5.60. The number of likely N-dealkylation sites (tertiary alicyclic amines) is 1. The lowest BCUT2D eigenvalue weighted by Crippen LogP contribution is -2.60. The van der Waals surface area contributed by atoms with Gasteiger partial charge in [0.25, 0.3) is 0 Å². The van der Waals surface area contributed by atoms with Gasteiger partial charge in [0.2, 0.25) is 15.9 Å². The second kappa shape index (κ2) is 5.73. The number of hydrogen-bond acceptors (Lipinski definition) is 4. The van der Waals surface area contributed by atoms with E-state index in [2.05, 4.69) is 0 Å².